The number of hydrogen-bond acceptors (Lipinski definition) is 2. The van der Waals surface area contributed by atoms with Gasteiger partial charge in [0.05, 0.1) is 33.5 Å². The minimum absolute atomic E-state index is 0.739. The summed E-state index contributed by atoms with van der Waals surface area (Å²) in [6.07, 6.45) is 0. The highest BCUT2D eigenvalue weighted by Crippen LogP contribution is 2.39. The molecule has 12 rings (SSSR count). The molecule has 0 spiro atoms. The minimum atomic E-state index is 0.739. The fraction of sp³-hybridized carbons (Fsp3) is 0.0645. The van der Waals surface area contributed by atoms with E-state index in [0.29, 0.717) is 0 Å². The van der Waals surface area contributed by atoms with E-state index in [-0.39, 0.29) is 0 Å². The quantitative estimate of drug-likeness (QED) is 0.160. The molecule has 0 atom stereocenters. The summed E-state index contributed by atoms with van der Waals surface area (Å²) in [6.45, 7) is 8.72. The van der Waals surface area contributed by atoms with Gasteiger partial charge in [0, 0.05) is 49.6 Å². The average molecular weight is 847 g/mol. The summed E-state index contributed by atoms with van der Waals surface area (Å²) in [5, 5.41) is 5.02. The molecule has 0 aliphatic heterocycles. The van der Waals surface area contributed by atoms with Gasteiger partial charge in [-0.2, -0.15) is 0 Å². The van der Waals surface area contributed by atoms with Crippen molar-refractivity contribution in [3.8, 4) is 67.5 Å². The van der Waals surface area contributed by atoms with Crippen molar-refractivity contribution in [1.82, 2.24) is 19.1 Å². The minimum Gasteiger partial charge on any atom is -0.309 e. The zero-order valence-electron chi connectivity index (χ0n) is 37.4. The van der Waals surface area contributed by atoms with Gasteiger partial charge in [-0.15, -0.1) is 0 Å². The van der Waals surface area contributed by atoms with E-state index in [1.165, 1.54) is 82.6 Å². The molecule has 0 fully saturated rings. The van der Waals surface area contributed by atoms with Crippen molar-refractivity contribution in [2.24, 2.45) is 0 Å². The Labute approximate surface area is 384 Å². The van der Waals surface area contributed by atoms with Gasteiger partial charge in [-0.05, 0) is 127 Å². The van der Waals surface area contributed by atoms with Crippen molar-refractivity contribution in [1.29, 1.82) is 0 Å². The lowest BCUT2D eigenvalue weighted by atomic mass is 9.91. The van der Waals surface area contributed by atoms with Gasteiger partial charge in [-0.3, -0.25) is 0 Å². The summed E-state index contributed by atoms with van der Waals surface area (Å²) in [7, 11) is 0. The summed E-state index contributed by atoms with van der Waals surface area (Å²) in [5.74, 6) is 0.739. The van der Waals surface area contributed by atoms with Crippen molar-refractivity contribution in [3.05, 3.63) is 229 Å². The molecule has 0 aliphatic carbocycles. The molecule has 12 aromatic rings. The van der Waals surface area contributed by atoms with Gasteiger partial charge >= 0.3 is 0 Å². The monoisotopic (exact) mass is 846 g/mol. The van der Waals surface area contributed by atoms with Crippen LogP contribution in [0.5, 0.6) is 0 Å². The Hall–Kier alpha value is -8.34. The van der Waals surface area contributed by atoms with E-state index in [0.717, 1.165) is 50.8 Å². The Bertz CT molecular complexity index is 3710. The Kier molecular flexibility index (Phi) is 9.35. The maximum Gasteiger partial charge on any atom is 0.160 e. The maximum atomic E-state index is 5.14. The Morgan fingerprint density at radius 3 is 1.36 bits per heavy atom. The third-order valence-corrected chi connectivity index (χ3v) is 13.5. The SMILES string of the molecule is Cc1ccccc1-c1cc(-c2ccc(-c3cc(C)c(-c4ccc(-n5c6ccccc6c6cc(-n7c8ccccc8c8ccccc87)ccc65)cc4)c(C)c3)cc2)nc(-c2ccccc2C)n1. The van der Waals surface area contributed by atoms with Crippen LogP contribution in [0, 0.1) is 27.7 Å². The summed E-state index contributed by atoms with van der Waals surface area (Å²) in [6, 6.07) is 74.6. The van der Waals surface area contributed by atoms with Crippen LogP contribution in [0.15, 0.2) is 206 Å². The summed E-state index contributed by atoms with van der Waals surface area (Å²) in [5.41, 5.74) is 21.9. The van der Waals surface area contributed by atoms with Gasteiger partial charge in [0.25, 0.3) is 0 Å². The molecule has 3 aromatic heterocycles. The van der Waals surface area contributed by atoms with Crippen molar-refractivity contribution >= 4 is 43.6 Å². The molecule has 0 amide bonds. The Morgan fingerprint density at radius 1 is 0.303 bits per heavy atom. The van der Waals surface area contributed by atoms with Crippen LogP contribution in [-0.4, -0.2) is 19.1 Å². The predicted octanol–water partition coefficient (Wildman–Crippen LogP) is 16.2. The van der Waals surface area contributed by atoms with Crippen LogP contribution in [0.25, 0.3) is 111 Å². The highest BCUT2D eigenvalue weighted by molar-refractivity contribution is 6.12. The number of para-hydroxylation sites is 3. The van der Waals surface area contributed by atoms with E-state index >= 15 is 0 Å². The lowest BCUT2D eigenvalue weighted by Crippen LogP contribution is -1.98. The number of fused-ring (bicyclic) bond motifs is 6. The first-order valence-corrected chi connectivity index (χ1v) is 22.7. The average Bonchev–Trinajstić information content (AvgIpc) is 3.87. The number of rotatable bonds is 7. The molecular formula is C62H46N4. The second-order valence-corrected chi connectivity index (χ2v) is 17.6. The van der Waals surface area contributed by atoms with Gasteiger partial charge in [0.15, 0.2) is 5.82 Å². The van der Waals surface area contributed by atoms with E-state index in [1.807, 2.05) is 0 Å². The van der Waals surface area contributed by atoms with Crippen LogP contribution >= 0.6 is 0 Å². The molecule has 0 unspecified atom stereocenters. The van der Waals surface area contributed by atoms with Crippen LogP contribution in [-0.2, 0) is 0 Å². The fourth-order valence-electron chi connectivity index (χ4n) is 10.3. The molecule has 4 nitrogen and oxygen atoms in total. The number of aryl methyl sites for hydroxylation is 4. The maximum absolute atomic E-state index is 5.14. The predicted molar refractivity (Wildman–Crippen MR) is 277 cm³/mol. The van der Waals surface area contributed by atoms with Crippen molar-refractivity contribution < 1.29 is 0 Å². The molecule has 3 heterocycles. The zero-order chi connectivity index (χ0) is 44.5. The molecule has 66 heavy (non-hydrogen) atoms. The largest absolute Gasteiger partial charge is 0.309 e. The van der Waals surface area contributed by atoms with Crippen LogP contribution in [0.1, 0.15) is 22.3 Å². The van der Waals surface area contributed by atoms with Crippen LogP contribution < -0.4 is 0 Å². The molecule has 0 aliphatic rings. The Balaban J connectivity index is 0.867. The lowest BCUT2D eigenvalue weighted by molar-refractivity contribution is 1.16. The van der Waals surface area contributed by atoms with Crippen LogP contribution in [0.2, 0.25) is 0 Å². The summed E-state index contributed by atoms with van der Waals surface area (Å²) in [4.78, 5) is 10.2. The van der Waals surface area contributed by atoms with E-state index < -0.39 is 0 Å². The van der Waals surface area contributed by atoms with Crippen molar-refractivity contribution in [2.45, 2.75) is 27.7 Å². The van der Waals surface area contributed by atoms with E-state index in [2.05, 4.69) is 243 Å². The fourth-order valence-corrected chi connectivity index (χ4v) is 10.3. The van der Waals surface area contributed by atoms with Crippen LogP contribution in [0.3, 0.4) is 0 Å². The molecule has 0 radical (unpaired) electrons. The van der Waals surface area contributed by atoms with E-state index in [9.17, 15) is 0 Å². The Morgan fingerprint density at radius 2 is 0.758 bits per heavy atom. The highest BCUT2D eigenvalue weighted by Gasteiger charge is 2.18. The molecule has 0 saturated carbocycles. The van der Waals surface area contributed by atoms with Gasteiger partial charge < -0.3 is 9.13 Å². The van der Waals surface area contributed by atoms with Crippen molar-refractivity contribution in [2.75, 3.05) is 0 Å². The first-order valence-electron chi connectivity index (χ1n) is 22.7. The normalized spacial score (nSPS) is 11.6. The molecule has 314 valence electrons. The summed E-state index contributed by atoms with van der Waals surface area (Å²) >= 11 is 0. The molecular weight excluding hydrogens is 801 g/mol. The molecule has 0 saturated heterocycles. The standard InChI is InChI=1S/C62H46N4/c1-39-15-5-7-17-49(39)56-38-55(63-62(64-56)50-18-8-6-16-40(50)2)44-27-25-43(26-28-44)46-35-41(3)61(42(4)36-46)45-29-31-47(32-30-45)65-59-24-14-11-21-53(59)54-37-48(33-34-60(54)65)66-57-22-12-9-19-51(57)52-20-10-13-23-58(52)66/h5-38H,1-4H3. The van der Waals surface area contributed by atoms with Gasteiger partial charge in [-0.1, -0.05) is 152 Å². The topological polar surface area (TPSA) is 35.6 Å². The molecule has 0 N–H and O–H groups in total. The smallest absolute Gasteiger partial charge is 0.160 e. The third kappa shape index (κ3) is 6.52. The molecule has 4 heteroatoms. The van der Waals surface area contributed by atoms with Gasteiger partial charge in [-0.25, -0.2) is 9.97 Å². The van der Waals surface area contributed by atoms with Gasteiger partial charge in [0.1, 0.15) is 0 Å². The zero-order valence-corrected chi connectivity index (χ0v) is 37.4. The molecule has 9 aromatic carbocycles. The molecule has 0 bridgehead atoms. The number of aromatic nitrogens is 4. The number of benzene rings is 9. The second kappa shape index (κ2) is 15.7. The van der Waals surface area contributed by atoms with E-state index in [4.69, 9.17) is 9.97 Å². The van der Waals surface area contributed by atoms with Gasteiger partial charge in [0.2, 0.25) is 0 Å². The second-order valence-electron chi connectivity index (χ2n) is 17.6. The first kappa shape index (κ1) is 39.3. The van der Waals surface area contributed by atoms with Crippen LogP contribution in [0.4, 0.5) is 0 Å². The highest BCUT2D eigenvalue weighted by atomic mass is 15.0. The third-order valence-electron chi connectivity index (χ3n) is 13.5. The summed E-state index contributed by atoms with van der Waals surface area (Å²) < 4.78 is 4.81. The van der Waals surface area contributed by atoms with Crippen molar-refractivity contribution in [3.63, 3.8) is 0 Å². The first-order chi connectivity index (χ1) is 32.4. The number of hydrogen-bond donors (Lipinski definition) is 0. The number of nitrogens with zero attached hydrogens (tertiary/aromatic N) is 4. The lowest BCUT2D eigenvalue weighted by Gasteiger charge is -2.15. The van der Waals surface area contributed by atoms with E-state index in [1.54, 1.807) is 0 Å².